The molecule has 1 aromatic heterocycles. The van der Waals surface area contributed by atoms with Gasteiger partial charge in [0.1, 0.15) is 5.82 Å². The maximum atomic E-state index is 4.50. The number of thioether (sulfide) groups is 1. The number of halogens is 1. The smallest absolute Gasteiger partial charge is 0.110 e. The second-order valence-electron chi connectivity index (χ2n) is 4.99. The number of hydrogen-bond donors (Lipinski definition) is 1. The van der Waals surface area contributed by atoms with Crippen molar-refractivity contribution in [3.8, 4) is 0 Å². The van der Waals surface area contributed by atoms with Crippen LogP contribution in [-0.2, 0) is 13.0 Å². The molecular weight excluding hydrogens is 346 g/mol. The molecule has 1 heterocycles. The van der Waals surface area contributed by atoms with E-state index < -0.39 is 0 Å². The van der Waals surface area contributed by atoms with Gasteiger partial charge in [-0.15, -0.1) is 11.8 Å². The van der Waals surface area contributed by atoms with Gasteiger partial charge in [-0.05, 0) is 37.7 Å². The Balaban J connectivity index is 1.90. The number of aromatic nitrogens is 2. The molecular formula is C16H22BrN3S. The Morgan fingerprint density at radius 2 is 2.10 bits per heavy atom. The third kappa shape index (κ3) is 5.16. The predicted octanol–water partition coefficient (Wildman–Crippen LogP) is 3.98. The van der Waals surface area contributed by atoms with E-state index in [1.807, 2.05) is 25.0 Å². The van der Waals surface area contributed by atoms with Crippen LogP contribution >= 0.6 is 27.7 Å². The lowest BCUT2D eigenvalue weighted by Crippen LogP contribution is -2.31. The first-order valence-corrected chi connectivity index (χ1v) is 9.06. The van der Waals surface area contributed by atoms with Crippen molar-refractivity contribution in [2.45, 2.75) is 37.2 Å². The van der Waals surface area contributed by atoms with E-state index in [9.17, 15) is 0 Å². The van der Waals surface area contributed by atoms with E-state index in [-0.39, 0.29) is 0 Å². The molecule has 0 bridgehead atoms. The maximum absolute atomic E-state index is 4.50. The minimum atomic E-state index is 0.427. The van der Waals surface area contributed by atoms with Crippen LogP contribution in [0.5, 0.6) is 0 Å². The fourth-order valence-electron chi connectivity index (χ4n) is 2.17. The summed E-state index contributed by atoms with van der Waals surface area (Å²) in [5, 5.41) is 3.41. The number of likely N-dealkylation sites (N-methyl/N-ethyl adjacent to an activating group) is 1. The summed E-state index contributed by atoms with van der Waals surface area (Å²) in [6.45, 7) is 3.24. The molecule has 1 aromatic carbocycles. The number of rotatable bonds is 8. The summed E-state index contributed by atoms with van der Waals surface area (Å²) >= 11 is 5.35. The summed E-state index contributed by atoms with van der Waals surface area (Å²) in [5.74, 6) is 2.21. The van der Waals surface area contributed by atoms with Crippen molar-refractivity contribution >= 4 is 27.7 Å². The summed E-state index contributed by atoms with van der Waals surface area (Å²) in [6.07, 6.45) is 6.08. The van der Waals surface area contributed by atoms with Gasteiger partial charge in [0.15, 0.2) is 0 Å². The minimum Gasteiger partial charge on any atom is -0.335 e. The van der Waals surface area contributed by atoms with E-state index >= 15 is 0 Å². The summed E-state index contributed by atoms with van der Waals surface area (Å²) in [5.41, 5.74) is 0. The van der Waals surface area contributed by atoms with Crippen molar-refractivity contribution in [3.05, 3.63) is 47.0 Å². The van der Waals surface area contributed by atoms with Crippen LogP contribution in [0.2, 0.25) is 0 Å². The number of aryl methyl sites for hydroxylation is 1. The second-order valence-corrected chi connectivity index (χ2v) is 7.00. The Hall–Kier alpha value is -0.780. The van der Waals surface area contributed by atoms with Crippen LogP contribution in [0.4, 0.5) is 0 Å². The van der Waals surface area contributed by atoms with Gasteiger partial charge < -0.3 is 9.88 Å². The Morgan fingerprint density at radius 1 is 1.33 bits per heavy atom. The van der Waals surface area contributed by atoms with Crippen molar-refractivity contribution in [3.63, 3.8) is 0 Å². The fourth-order valence-corrected chi connectivity index (χ4v) is 3.44. The molecule has 2 aromatic rings. The summed E-state index contributed by atoms with van der Waals surface area (Å²) in [7, 11) is 2.03. The van der Waals surface area contributed by atoms with Gasteiger partial charge in [0, 0.05) is 46.5 Å². The minimum absolute atomic E-state index is 0.427. The average molecular weight is 368 g/mol. The first-order valence-electron chi connectivity index (χ1n) is 7.28. The van der Waals surface area contributed by atoms with Gasteiger partial charge in [0.05, 0.1) is 0 Å². The van der Waals surface area contributed by atoms with Gasteiger partial charge >= 0.3 is 0 Å². The highest BCUT2D eigenvalue weighted by Gasteiger charge is 2.12. The van der Waals surface area contributed by atoms with E-state index in [1.54, 1.807) is 0 Å². The van der Waals surface area contributed by atoms with E-state index in [4.69, 9.17) is 0 Å². The Labute approximate surface area is 139 Å². The zero-order valence-corrected chi connectivity index (χ0v) is 15.0. The molecule has 21 heavy (non-hydrogen) atoms. The molecule has 3 nitrogen and oxygen atoms in total. The van der Waals surface area contributed by atoms with Gasteiger partial charge in [-0.3, -0.25) is 0 Å². The highest BCUT2D eigenvalue weighted by Crippen LogP contribution is 2.22. The Morgan fingerprint density at radius 3 is 2.76 bits per heavy atom. The van der Waals surface area contributed by atoms with Gasteiger partial charge in [-0.2, -0.15) is 0 Å². The summed E-state index contributed by atoms with van der Waals surface area (Å²) in [4.78, 5) is 5.80. The van der Waals surface area contributed by atoms with Crippen LogP contribution in [-0.4, -0.2) is 28.4 Å². The normalized spacial score (nSPS) is 12.5. The van der Waals surface area contributed by atoms with Crippen molar-refractivity contribution < 1.29 is 0 Å². The van der Waals surface area contributed by atoms with Gasteiger partial charge in [0.25, 0.3) is 0 Å². The summed E-state index contributed by atoms with van der Waals surface area (Å²) in [6, 6.07) is 8.91. The Bertz CT molecular complexity index is 539. The molecule has 1 atom stereocenters. The molecule has 1 unspecified atom stereocenters. The quantitative estimate of drug-likeness (QED) is 0.715. The van der Waals surface area contributed by atoms with Crippen molar-refractivity contribution in [2.24, 2.45) is 0 Å². The molecule has 0 saturated carbocycles. The molecule has 0 aliphatic heterocycles. The van der Waals surface area contributed by atoms with Crippen LogP contribution in [0.15, 0.2) is 46.0 Å². The number of benzene rings is 1. The summed E-state index contributed by atoms with van der Waals surface area (Å²) < 4.78 is 3.38. The van der Waals surface area contributed by atoms with E-state index in [1.165, 1.54) is 10.7 Å². The van der Waals surface area contributed by atoms with Crippen molar-refractivity contribution in [1.29, 1.82) is 0 Å². The van der Waals surface area contributed by atoms with E-state index in [2.05, 4.69) is 68.2 Å². The van der Waals surface area contributed by atoms with E-state index in [0.29, 0.717) is 6.04 Å². The lowest BCUT2D eigenvalue weighted by molar-refractivity contribution is 0.560. The monoisotopic (exact) mass is 367 g/mol. The lowest BCUT2D eigenvalue weighted by Gasteiger charge is -2.16. The van der Waals surface area contributed by atoms with Gasteiger partial charge in [0.2, 0.25) is 0 Å². The third-order valence-electron chi connectivity index (χ3n) is 3.37. The van der Waals surface area contributed by atoms with Gasteiger partial charge in [-0.1, -0.05) is 22.9 Å². The number of nitrogens with zero attached hydrogens (tertiary/aromatic N) is 2. The molecule has 0 spiro atoms. The highest BCUT2D eigenvalue weighted by molar-refractivity contribution is 9.10. The topological polar surface area (TPSA) is 29.9 Å². The molecule has 114 valence electrons. The molecule has 0 aliphatic rings. The zero-order valence-electron chi connectivity index (χ0n) is 12.6. The molecule has 2 rings (SSSR count). The van der Waals surface area contributed by atoms with Crippen molar-refractivity contribution in [2.75, 3.05) is 12.8 Å². The molecule has 0 radical (unpaired) electrons. The molecule has 0 fully saturated rings. The fraction of sp³-hybridized carbons (Fsp3) is 0.438. The first-order chi connectivity index (χ1) is 10.2. The highest BCUT2D eigenvalue weighted by atomic mass is 79.9. The van der Waals surface area contributed by atoms with Crippen molar-refractivity contribution in [1.82, 2.24) is 14.9 Å². The SMILES string of the molecule is CCCn1ccnc1CC(CSc1ccc(Br)cc1)NC. The largest absolute Gasteiger partial charge is 0.335 e. The van der Waals surface area contributed by atoms with Crippen LogP contribution < -0.4 is 5.32 Å². The third-order valence-corrected chi connectivity index (χ3v) is 5.07. The van der Waals surface area contributed by atoms with Crippen LogP contribution in [0.1, 0.15) is 19.2 Å². The zero-order chi connectivity index (χ0) is 15.1. The molecule has 0 aliphatic carbocycles. The van der Waals surface area contributed by atoms with Crippen LogP contribution in [0, 0.1) is 0 Å². The number of hydrogen-bond acceptors (Lipinski definition) is 3. The van der Waals surface area contributed by atoms with Crippen LogP contribution in [0.3, 0.4) is 0 Å². The Kier molecular flexibility index (Phi) is 6.80. The predicted molar refractivity (Wildman–Crippen MR) is 93.9 cm³/mol. The lowest BCUT2D eigenvalue weighted by atomic mass is 10.2. The first kappa shape index (κ1) is 16.6. The van der Waals surface area contributed by atoms with Gasteiger partial charge in [-0.25, -0.2) is 4.98 Å². The maximum Gasteiger partial charge on any atom is 0.110 e. The number of nitrogens with one attached hydrogen (secondary N) is 1. The number of imidazole rings is 1. The molecule has 0 saturated heterocycles. The standard InChI is InChI=1S/C16H22BrN3S/c1-3-9-20-10-8-19-16(20)11-14(18-2)12-21-15-6-4-13(17)5-7-15/h4-8,10,14,18H,3,9,11-12H2,1-2H3. The second kappa shape index (κ2) is 8.61. The van der Waals surface area contributed by atoms with E-state index in [0.717, 1.165) is 29.6 Å². The average Bonchev–Trinajstić information content (AvgIpc) is 2.92. The molecule has 1 N–H and O–H groups in total. The van der Waals surface area contributed by atoms with Crippen LogP contribution in [0.25, 0.3) is 0 Å². The molecule has 5 heteroatoms. The molecule has 0 amide bonds.